The van der Waals surface area contributed by atoms with Gasteiger partial charge in [0.05, 0.1) is 6.10 Å². The van der Waals surface area contributed by atoms with Crippen LogP contribution in [0.25, 0.3) is 0 Å². The van der Waals surface area contributed by atoms with Crippen molar-refractivity contribution in [3.8, 4) is 0 Å². The molecular formula is C14H14Cl2N2O. The van der Waals surface area contributed by atoms with Gasteiger partial charge >= 0.3 is 0 Å². The van der Waals surface area contributed by atoms with E-state index in [0.717, 1.165) is 11.1 Å². The second-order valence-corrected chi connectivity index (χ2v) is 5.17. The second kappa shape index (κ2) is 6.24. The van der Waals surface area contributed by atoms with Crippen LogP contribution in [-0.4, -0.2) is 16.2 Å². The van der Waals surface area contributed by atoms with Gasteiger partial charge in [-0.25, -0.2) is 4.98 Å². The third-order valence-corrected chi connectivity index (χ3v) is 3.53. The van der Waals surface area contributed by atoms with Crippen LogP contribution in [0, 0.1) is 0 Å². The molecule has 2 aromatic rings. The van der Waals surface area contributed by atoms with Crippen molar-refractivity contribution >= 4 is 29.0 Å². The average Bonchev–Trinajstić information content (AvgIpc) is 2.34. The predicted molar refractivity (Wildman–Crippen MR) is 78.5 cm³/mol. The third kappa shape index (κ3) is 3.83. The Balaban J connectivity index is 2.07. The summed E-state index contributed by atoms with van der Waals surface area (Å²) in [5.41, 5.74) is 7.30. The molecule has 2 rings (SSSR count). The summed E-state index contributed by atoms with van der Waals surface area (Å²) in [6.45, 7) is 0. The van der Waals surface area contributed by atoms with Gasteiger partial charge in [-0.3, -0.25) is 0 Å². The molecule has 0 bridgehead atoms. The predicted octanol–water partition coefficient (Wildman–Crippen LogP) is 3.12. The van der Waals surface area contributed by atoms with Crippen molar-refractivity contribution in [1.29, 1.82) is 0 Å². The van der Waals surface area contributed by atoms with Crippen molar-refractivity contribution in [2.24, 2.45) is 0 Å². The first-order valence-corrected chi connectivity index (χ1v) is 6.63. The topological polar surface area (TPSA) is 59.1 Å². The monoisotopic (exact) mass is 296 g/mol. The van der Waals surface area contributed by atoms with E-state index in [9.17, 15) is 5.11 Å². The Morgan fingerprint density at radius 2 is 1.84 bits per heavy atom. The fraction of sp³-hybridized carbons (Fsp3) is 0.214. The molecule has 0 spiro atoms. The molecule has 5 heteroatoms. The van der Waals surface area contributed by atoms with Gasteiger partial charge in [0, 0.05) is 22.7 Å². The number of hydrogen-bond donors (Lipinski definition) is 2. The minimum atomic E-state index is -0.570. The zero-order chi connectivity index (χ0) is 13.8. The van der Waals surface area contributed by atoms with Crippen LogP contribution >= 0.6 is 23.2 Å². The zero-order valence-corrected chi connectivity index (χ0v) is 11.7. The van der Waals surface area contributed by atoms with Crippen molar-refractivity contribution in [2.45, 2.75) is 18.9 Å². The molecule has 1 unspecified atom stereocenters. The van der Waals surface area contributed by atoms with Gasteiger partial charge in [0.2, 0.25) is 0 Å². The number of pyridine rings is 1. The number of rotatable bonds is 4. The van der Waals surface area contributed by atoms with E-state index in [1.165, 1.54) is 0 Å². The summed E-state index contributed by atoms with van der Waals surface area (Å²) in [5, 5.41) is 11.3. The minimum Gasteiger partial charge on any atom is -0.392 e. The summed E-state index contributed by atoms with van der Waals surface area (Å²) in [5.74, 6) is 0.445. The molecule has 0 fully saturated rings. The maximum Gasteiger partial charge on any atom is 0.123 e. The van der Waals surface area contributed by atoms with Crippen LogP contribution in [0.3, 0.4) is 0 Å². The second-order valence-electron chi connectivity index (χ2n) is 4.35. The largest absolute Gasteiger partial charge is 0.392 e. The summed E-state index contributed by atoms with van der Waals surface area (Å²) in [6, 6.07) is 8.88. The highest BCUT2D eigenvalue weighted by molar-refractivity contribution is 6.35. The number of nitrogens with zero attached hydrogens (tertiary/aromatic N) is 1. The Morgan fingerprint density at radius 3 is 2.47 bits per heavy atom. The van der Waals surface area contributed by atoms with E-state index in [0.29, 0.717) is 28.7 Å². The SMILES string of the molecule is Nc1cc(CC(O)Cc2c(Cl)cccc2Cl)ccn1. The molecule has 1 heterocycles. The Labute approximate surface area is 122 Å². The van der Waals surface area contributed by atoms with Crippen LogP contribution in [0.4, 0.5) is 5.82 Å². The molecule has 1 atom stereocenters. The molecule has 1 aromatic heterocycles. The number of nitrogen functional groups attached to an aromatic ring is 1. The maximum absolute atomic E-state index is 10.1. The molecule has 0 amide bonds. The van der Waals surface area contributed by atoms with Crippen LogP contribution in [0.1, 0.15) is 11.1 Å². The Hall–Kier alpha value is -1.29. The lowest BCUT2D eigenvalue weighted by Gasteiger charge is -2.13. The highest BCUT2D eigenvalue weighted by Crippen LogP contribution is 2.26. The standard InChI is InChI=1S/C14H14Cl2N2O/c15-12-2-1-3-13(16)11(12)8-10(19)6-9-4-5-18-14(17)7-9/h1-5,7,10,19H,6,8H2,(H2,17,18). The van der Waals surface area contributed by atoms with Crippen LogP contribution in [0.15, 0.2) is 36.5 Å². The number of anilines is 1. The maximum atomic E-state index is 10.1. The van der Waals surface area contributed by atoms with Crippen LogP contribution in [0.2, 0.25) is 10.0 Å². The van der Waals surface area contributed by atoms with E-state index in [1.54, 1.807) is 30.5 Å². The number of halogens is 2. The normalized spacial score (nSPS) is 12.4. The minimum absolute atomic E-state index is 0.404. The molecule has 0 aliphatic carbocycles. The number of hydrogen-bond acceptors (Lipinski definition) is 3. The van der Waals surface area contributed by atoms with E-state index >= 15 is 0 Å². The fourth-order valence-corrected chi connectivity index (χ4v) is 2.48. The molecule has 0 radical (unpaired) electrons. The first-order valence-electron chi connectivity index (χ1n) is 5.87. The van der Waals surface area contributed by atoms with Gasteiger partial charge in [-0.15, -0.1) is 0 Å². The molecule has 0 aliphatic heterocycles. The first-order chi connectivity index (χ1) is 9.06. The molecule has 100 valence electrons. The van der Waals surface area contributed by atoms with Gasteiger partial charge in [0.15, 0.2) is 0 Å². The zero-order valence-electron chi connectivity index (χ0n) is 10.2. The average molecular weight is 297 g/mol. The van der Waals surface area contributed by atoms with Gasteiger partial charge in [-0.2, -0.15) is 0 Å². The van der Waals surface area contributed by atoms with Crippen molar-refractivity contribution < 1.29 is 5.11 Å². The van der Waals surface area contributed by atoms with Crippen LogP contribution in [-0.2, 0) is 12.8 Å². The fourth-order valence-electron chi connectivity index (χ4n) is 1.93. The smallest absolute Gasteiger partial charge is 0.123 e. The molecule has 0 saturated carbocycles. The summed E-state index contributed by atoms with van der Waals surface area (Å²) in [7, 11) is 0. The first kappa shape index (κ1) is 14.1. The van der Waals surface area contributed by atoms with E-state index in [4.69, 9.17) is 28.9 Å². The Morgan fingerprint density at radius 1 is 1.16 bits per heavy atom. The van der Waals surface area contributed by atoms with Gasteiger partial charge in [0.25, 0.3) is 0 Å². The summed E-state index contributed by atoms with van der Waals surface area (Å²) in [6.07, 6.45) is 1.94. The van der Waals surface area contributed by atoms with Crippen molar-refractivity contribution in [3.05, 3.63) is 57.7 Å². The number of aromatic nitrogens is 1. The lowest BCUT2D eigenvalue weighted by molar-refractivity contribution is 0.175. The number of aliphatic hydroxyl groups is 1. The van der Waals surface area contributed by atoms with E-state index in [-0.39, 0.29) is 0 Å². The molecule has 3 nitrogen and oxygen atoms in total. The van der Waals surface area contributed by atoms with E-state index in [2.05, 4.69) is 4.98 Å². The van der Waals surface area contributed by atoms with Gasteiger partial charge in [0.1, 0.15) is 5.82 Å². The van der Waals surface area contributed by atoms with Crippen molar-refractivity contribution in [3.63, 3.8) is 0 Å². The number of aliphatic hydroxyl groups excluding tert-OH is 1. The van der Waals surface area contributed by atoms with Crippen molar-refractivity contribution in [2.75, 3.05) is 5.73 Å². The van der Waals surface area contributed by atoms with Gasteiger partial charge in [-0.1, -0.05) is 29.3 Å². The summed E-state index contributed by atoms with van der Waals surface area (Å²) in [4.78, 5) is 3.91. The van der Waals surface area contributed by atoms with Gasteiger partial charge in [-0.05, 0) is 41.8 Å². The number of nitrogens with two attached hydrogens (primary N) is 1. The van der Waals surface area contributed by atoms with Gasteiger partial charge < -0.3 is 10.8 Å². The highest BCUT2D eigenvalue weighted by atomic mass is 35.5. The van der Waals surface area contributed by atoms with E-state index < -0.39 is 6.10 Å². The summed E-state index contributed by atoms with van der Waals surface area (Å²) < 4.78 is 0. The van der Waals surface area contributed by atoms with E-state index in [1.807, 2.05) is 6.07 Å². The highest BCUT2D eigenvalue weighted by Gasteiger charge is 2.12. The molecular weight excluding hydrogens is 283 g/mol. The quantitative estimate of drug-likeness (QED) is 0.911. The Kier molecular flexibility index (Phi) is 4.64. The molecule has 3 N–H and O–H groups in total. The molecule has 0 aliphatic rings. The molecule has 1 aromatic carbocycles. The lowest BCUT2D eigenvalue weighted by atomic mass is 10.0. The molecule has 0 saturated heterocycles. The van der Waals surface area contributed by atoms with Crippen molar-refractivity contribution in [1.82, 2.24) is 4.98 Å². The number of benzene rings is 1. The Bertz CT molecular complexity index is 555. The summed E-state index contributed by atoms with van der Waals surface area (Å²) >= 11 is 12.2. The third-order valence-electron chi connectivity index (χ3n) is 2.82. The van der Waals surface area contributed by atoms with Crippen LogP contribution in [0.5, 0.6) is 0 Å². The van der Waals surface area contributed by atoms with Crippen LogP contribution < -0.4 is 5.73 Å². The lowest BCUT2D eigenvalue weighted by Crippen LogP contribution is -2.14. The molecule has 19 heavy (non-hydrogen) atoms.